The van der Waals surface area contributed by atoms with Gasteiger partial charge in [0.25, 0.3) is 0 Å². The van der Waals surface area contributed by atoms with Gasteiger partial charge in [0.1, 0.15) is 5.75 Å². The van der Waals surface area contributed by atoms with Crippen LogP contribution in [0, 0.1) is 0 Å². The molecule has 0 spiro atoms. The van der Waals surface area contributed by atoms with Gasteiger partial charge in [-0.25, -0.2) is 0 Å². The highest BCUT2D eigenvalue weighted by atomic mass is 16.5. The molecule has 0 aliphatic carbocycles. The average molecular weight is 279 g/mol. The third kappa shape index (κ3) is 5.30. The Labute approximate surface area is 118 Å². The predicted molar refractivity (Wildman–Crippen MR) is 75.9 cm³/mol. The highest BCUT2D eigenvalue weighted by Gasteiger charge is 2.14. The van der Waals surface area contributed by atoms with Crippen LogP contribution in [0.3, 0.4) is 0 Å². The van der Waals surface area contributed by atoms with E-state index in [1.54, 1.807) is 7.11 Å². The van der Waals surface area contributed by atoms with Crippen molar-refractivity contribution in [3.8, 4) is 5.75 Å². The fourth-order valence-electron chi connectivity index (χ4n) is 1.98. The predicted octanol–water partition coefficient (Wildman–Crippen LogP) is 2.17. The van der Waals surface area contributed by atoms with Crippen molar-refractivity contribution in [2.24, 2.45) is 0 Å². The van der Waals surface area contributed by atoms with Gasteiger partial charge in [-0.15, -0.1) is 0 Å². The molecule has 0 saturated heterocycles. The Kier molecular flexibility index (Phi) is 6.56. The first kappa shape index (κ1) is 16.0. The van der Waals surface area contributed by atoms with E-state index in [1.165, 1.54) is 0 Å². The maximum atomic E-state index is 11.8. The second-order valence-corrected chi connectivity index (χ2v) is 4.58. The molecule has 0 fully saturated rings. The van der Waals surface area contributed by atoms with Crippen LogP contribution in [-0.2, 0) is 9.59 Å². The van der Waals surface area contributed by atoms with Gasteiger partial charge in [0.05, 0.1) is 13.5 Å². The summed E-state index contributed by atoms with van der Waals surface area (Å²) in [5, 5.41) is 11.1. The van der Waals surface area contributed by atoms with Crippen LogP contribution in [0.5, 0.6) is 5.75 Å². The summed E-state index contributed by atoms with van der Waals surface area (Å²) in [6, 6.07) is 7.66. The molecule has 0 heterocycles. The van der Waals surface area contributed by atoms with Gasteiger partial charge < -0.3 is 15.2 Å². The fourth-order valence-corrected chi connectivity index (χ4v) is 1.98. The van der Waals surface area contributed by atoms with Gasteiger partial charge in [0.15, 0.2) is 0 Å². The van der Waals surface area contributed by atoms with Crippen LogP contribution in [0.1, 0.15) is 37.7 Å². The van der Waals surface area contributed by atoms with E-state index in [2.05, 4.69) is 5.32 Å². The molecule has 0 aliphatic heterocycles. The minimum Gasteiger partial charge on any atom is -0.497 e. The maximum Gasteiger partial charge on any atom is 0.305 e. The van der Waals surface area contributed by atoms with Crippen LogP contribution in [0.25, 0.3) is 0 Å². The number of aliphatic carboxylic acids is 1. The molecule has 110 valence electrons. The van der Waals surface area contributed by atoms with Crippen molar-refractivity contribution in [2.45, 2.75) is 32.1 Å². The molecule has 20 heavy (non-hydrogen) atoms. The molecule has 5 heteroatoms. The van der Waals surface area contributed by atoms with Crippen molar-refractivity contribution < 1.29 is 19.4 Å². The third-order valence-corrected chi connectivity index (χ3v) is 3.17. The number of nitrogens with one attached hydrogen (secondary N) is 1. The molecule has 0 bridgehead atoms. The Balaban J connectivity index is 2.52. The van der Waals surface area contributed by atoms with Crippen molar-refractivity contribution in [1.82, 2.24) is 5.32 Å². The van der Waals surface area contributed by atoms with E-state index in [0.29, 0.717) is 6.42 Å². The standard InChI is InChI=1S/C15H21NO4/c1-3-11(10-14(17)16-9-8-15(18)19)12-4-6-13(20-2)7-5-12/h4-7,11H,3,8-10H2,1-2H3,(H,16,17)(H,18,19). The summed E-state index contributed by atoms with van der Waals surface area (Å²) in [5.41, 5.74) is 1.08. The monoisotopic (exact) mass is 279 g/mol. The molecule has 1 atom stereocenters. The number of carboxylic acids is 1. The molecule has 0 aromatic heterocycles. The van der Waals surface area contributed by atoms with Crippen molar-refractivity contribution in [1.29, 1.82) is 0 Å². The minimum atomic E-state index is -0.910. The highest BCUT2D eigenvalue weighted by molar-refractivity contribution is 5.77. The molecular formula is C15H21NO4. The summed E-state index contributed by atoms with van der Waals surface area (Å²) < 4.78 is 5.10. The Morgan fingerprint density at radius 1 is 1.30 bits per heavy atom. The van der Waals surface area contributed by atoms with Gasteiger partial charge in [-0.05, 0) is 30.0 Å². The van der Waals surface area contributed by atoms with E-state index in [1.807, 2.05) is 31.2 Å². The number of hydrogen-bond acceptors (Lipinski definition) is 3. The zero-order valence-electron chi connectivity index (χ0n) is 11.9. The second kappa shape index (κ2) is 8.19. The van der Waals surface area contributed by atoms with Crippen molar-refractivity contribution in [3.63, 3.8) is 0 Å². The Hall–Kier alpha value is -2.04. The minimum absolute atomic E-state index is 0.0505. The molecule has 1 aromatic carbocycles. The molecule has 1 aromatic rings. The van der Waals surface area contributed by atoms with Crippen molar-refractivity contribution >= 4 is 11.9 Å². The Morgan fingerprint density at radius 2 is 1.95 bits per heavy atom. The number of amides is 1. The van der Waals surface area contributed by atoms with Crippen molar-refractivity contribution in [2.75, 3.05) is 13.7 Å². The smallest absolute Gasteiger partial charge is 0.305 e. The van der Waals surface area contributed by atoms with Crippen LogP contribution in [0.15, 0.2) is 24.3 Å². The SMILES string of the molecule is CCC(CC(=O)NCCC(=O)O)c1ccc(OC)cc1. The van der Waals surface area contributed by atoms with E-state index in [9.17, 15) is 9.59 Å². The zero-order valence-corrected chi connectivity index (χ0v) is 11.9. The number of methoxy groups -OCH3 is 1. The van der Waals surface area contributed by atoms with E-state index >= 15 is 0 Å². The maximum absolute atomic E-state index is 11.8. The van der Waals surface area contributed by atoms with Gasteiger partial charge in [0.2, 0.25) is 5.91 Å². The molecule has 0 radical (unpaired) electrons. The number of hydrogen-bond donors (Lipinski definition) is 2. The first-order valence-corrected chi connectivity index (χ1v) is 6.69. The first-order valence-electron chi connectivity index (χ1n) is 6.69. The lowest BCUT2D eigenvalue weighted by Gasteiger charge is -2.15. The zero-order chi connectivity index (χ0) is 15.0. The molecule has 1 amide bonds. The summed E-state index contributed by atoms with van der Waals surface area (Å²) in [6.45, 7) is 2.20. The van der Waals surface area contributed by atoms with Crippen LogP contribution in [-0.4, -0.2) is 30.6 Å². The molecule has 0 aliphatic rings. The largest absolute Gasteiger partial charge is 0.497 e. The third-order valence-electron chi connectivity index (χ3n) is 3.17. The highest BCUT2D eigenvalue weighted by Crippen LogP contribution is 2.25. The quantitative estimate of drug-likeness (QED) is 0.764. The summed E-state index contributed by atoms with van der Waals surface area (Å²) >= 11 is 0. The second-order valence-electron chi connectivity index (χ2n) is 4.58. The van der Waals surface area contributed by atoms with E-state index < -0.39 is 5.97 Å². The lowest BCUT2D eigenvalue weighted by Crippen LogP contribution is -2.27. The fraction of sp³-hybridized carbons (Fsp3) is 0.467. The summed E-state index contributed by atoms with van der Waals surface area (Å²) in [7, 11) is 1.61. The summed E-state index contributed by atoms with van der Waals surface area (Å²) in [4.78, 5) is 22.1. The molecule has 5 nitrogen and oxygen atoms in total. The number of carbonyl (C=O) groups excluding carboxylic acids is 1. The number of carbonyl (C=O) groups is 2. The van der Waals surface area contributed by atoms with Gasteiger partial charge in [-0.3, -0.25) is 9.59 Å². The number of ether oxygens (including phenoxy) is 1. The van der Waals surface area contributed by atoms with Gasteiger partial charge >= 0.3 is 5.97 Å². The summed E-state index contributed by atoms with van der Waals surface area (Å²) in [6.07, 6.45) is 1.16. The van der Waals surface area contributed by atoms with Crippen molar-refractivity contribution in [3.05, 3.63) is 29.8 Å². The van der Waals surface area contributed by atoms with Crippen LogP contribution in [0.2, 0.25) is 0 Å². The molecule has 0 saturated carbocycles. The van der Waals surface area contributed by atoms with Crippen LogP contribution in [0.4, 0.5) is 0 Å². The Bertz CT molecular complexity index is 442. The van der Waals surface area contributed by atoms with Crippen LogP contribution >= 0.6 is 0 Å². The Morgan fingerprint density at radius 3 is 2.45 bits per heavy atom. The van der Waals surface area contributed by atoms with E-state index in [0.717, 1.165) is 17.7 Å². The number of benzene rings is 1. The lowest BCUT2D eigenvalue weighted by molar-refractivity contribution is -0.136. The molecule has 1 unspecified atom stereocenters. The normalized spacial score (nSPS) is 11.7. The first-order chi connectivity index (χ1) is 9.56. The molecule has 1 rings (SSSR count). The molecular weight excluding hydrogens is 258 g/mol. The van der Waals surface area contributed by atoms with Gasteiger partial charge in [-0.2, -0.15) is 0 Å². The van der Waals surface area contributed by atoms with Crippen LogP contribution < -0.4 is 10.1 Å². The average Bonchev–Trinajstić information content (AvgIpc) is 2.44. The van der Waals surface area contributed by atoms with E-state index in [4.69, 9.17) is 9.84 Å². The number of rotatable bonds is 8. The van der Waals surface area contributed by atoms with Gasteiger partial charge in [0, 0.05) is 13.0 Å². The lowest BCUT2D eigenvalue weighted by atomic mass is 9.93. The van der Waals surface area contributed by atoms with Gasteiger partial charge in [-0.1, -0.05) is 19.1 Å². The summed E-state index contributed by atoms with van der Waals surface area (Å²) in [5.74, 6) is -0.110. The molecule has 2 N–H and O–H groups in total. The number of carboxylic acid groups (broad SMARTS) is 1. The topological polar surface area (TPSA) is 75.6 Å². The van der Waals surface area contributed by atoms with E-state index in [-0.39, 0.29) is 24.8 Å².